The third kappa shape index (κ3) is 2.80. The highest BCUT2D eigenvalue weighted by atomic mass is 32.2. The number of amides is 1. The number of thiocarbonyl (C=S) groups is 1. The van der Waals surface area contributed by atoms with Crippen LogP contribution in [0.15, 0.2) is 46.7 Å². The van der Waals surface area contributed by atoms with Crippen LogP contribution in [-0.4, -0.2) is 15.2 Å². The second kappa shape index (κ2) is 5.99. The number of nitro benzene ring substituents is 1. The summed E-state index contributed by atoms with van der Waals surface area (Å²) in [4.78, 5) is 25.6. The number of non-ortho nitro benzene ring substituents is 1. The van der Waals surface area contributed by atoms with Gasteiger partial charge in [0, 0.05) is 17.0 Å². The van der Waals surface area contributed by atoms with E-state index >= 15 is 0 Å². The molecule has 5 nitrogen and oxygen atoms in total. The van der Waals surface area contributed by atoms with Crippen molar-refractivity contribution in [2.24, 2.45) is 0 Å². The molecular weight excluding hydrogens is 340 g/mol. The molecule has 8 heteroatoms. The number of nitrogens with zero attached hydrogens (tertiary/aromatic N) is 2. The van der Waals surface area contributed by atoms with Gasteiger partial charge in [0.2, 0.25) is 0 Å². The van der Waals surface area contributed by atoms with E-state index < -0.39 is 4.92 Å². The topological polar surface area (TPSA) is 63.5 Å². The summed E-state index contributed by atoms with van der Waals surface area (Å²) in [6, 6.07) is 9.60. The zero-order valence-electron chi connectivity index (χ0n) is 11.0. The molecule has 0 bridgehead atoms. The fourth-order valence-electron chi connectivity index (χ4n) is 1.92. The lowest BCUT2D eigenvalue weighted by atomic mass is 10.2. The Balaban J connectivity index is 1.90. The number of hydrogen-bond donors (Lipinski definition) is 0. The van der Waals surface area contributed by atoms with Crippen LogP contribution in [0, 0.1) is 10.1 Å². The molecule has 0 saturated carbocycles. The highest BCUT2D eigenvalue weighted by Gasteiger charge is 2.33. The molecule has 22 heavy (non-hydrogen) atoms. The number of carbonyl (C=O) groups is 1. The minimum atomic E-state index is -0.481. The van der Waals surface area contributed by atoms with Crippen LogP contribution in [0.3, 0.4) is 0 Å². The fourth-order valence-corrected chi connectivity index (χ4v) is 3.94. The number of thiophene rings is 1. The summed E-state index contributed by atoms with van der Waals surface area (Å²) in [5.74, 6) is -0.211. The molecule has 0 aliphatic carbocycles. The quantitative estimate of drug-likeness (QED) is 0.362. The predicted molar refractivity (Wildman–Crippen MR) is 93.1 cm³/mol. The second-order valence-corrected chi connectivity index (χ2v) is 6.96. The molecule has 0 unspecified atom stereocenters. The Morgan fingerprint density at radius 1 is 1.23 bits per heavy atom. The van der Waals surface area contributed by atoms with E-state index in [1.807, 2.05) is 17.5 Å². The van der Waals surface area contributed by atoms with Gasteiger partial charge in [-0.3, -0.25) is 19.8 Å². The maximum absolute atomic E-state index is 12.5. The molecule has 2 aromatic rings. The van der Waals surface area contributed by atoms with Crippen molar-refractivity contribution in [3.8, 4) is 0 Å². The van der Waals surface area contributed by atoms with E-state index in [0.717, 1.165) is 4.88 Å². The van der Waals surface area contributed by atoms with Crippen LogP contribution < -0.4 is 4.90 Å². The van der Waals surface area contributed by atoms with E-state index in [0.29, 0.717) is 14.9 Å². The van der Waals surface area contributed by atoms with Gasteiger partial charge in [0.25, 0.3) is 11.6 Å². The summed E-state index contributed by atoms with van der Waals surface area (Å²) in [5.41, 5.74) is 0.506. The summed E-state index contributed by atoms with van der Waals surface area (Å²) in [7, 11) is 0. The Hall–Kier alpha value is -2.03. The van der Waals surface area contributed by atoms with Gasteiger partial charge in [0.05, 0.1) is 15.5 Å². The minimum Gasteiger partial charge on any atom is -0.268 e. The predicted octanol–water partition coefficient (Wildman–Crippen LogP) is 4.06. The molecule has 1 aromatic heterocycles. The molecule has 1 amide bonds. The van der Waals surface area contributed by atoms with Crippen LogP contribution in [0.25, 0.3) is 6.08 Å². The van der Waals surface area contributed by atoms with Crippen molar-refractivity contribution in [2.75, 3.05) is 4.90 Å². The van der Waals surface area contributed by atoms with Gasteiger partial charge >= 0.3 is 0 Å². The summed E-state index contributed by atoms with van der Waals surface area (Å²) >= 11 is 8.02. The zero-order valence-corrected chi connectivity index (χ0v) is 13.4. The summed E-state index contributed by atoms with van der Waals surface area (Å²) in [5, 5.41) is 12.6. The summed E-state index contributed by atoms with van der Waals surface area (Å²) in [6.07, 6.45) is 1.80. The molecule has 2 heterocycles. The van der Waals surface area contributed by atoms with Crippen LogP contribution in [0.2, 0.25) is 0 Å². The standard InChI is InChI=1S/C14H8N2O3S3/c17-13-12(8-11-2-1-7-21-11)22-14(20)15(13)9-3-5-10(6-4-9)16(18)19/h1-8H. The molecule has 110 valence electrons. The van der Waals surface area contributed by atoms with E-state index in [-0.39, 0.29) is 11.6 Å². The molecule has 1 fully saturated rings. The van der Waals surface area contributed by atoms with E-state index in [4.69, 9.17) is 12.2 Å². The average molecular weight is 348 g/mol. The molecular formula is C14H8N2O3S3. The zero-order chi connectivity index (χ0) is 15.7. The SMILES string of the molecule is O=C1C(=Cc2cccs2)SC(=S)N1c1ccc([N+](=O)[O-])cc1. The van der Waals surface area contributed by atoms with Gasteiger partial charge in [0.15, 0.2) is 4.32 Å². The maximum Gasteiger partial charge on any atom is 0.270 e. The molecule has 3 rings (SSSR count). The van der Waals surface area contributed by atoms with Crippen LogP contribution in [0.5, 0.6) is 0 Å². The number of carbonyl (C=O) groups excluding carboxylic acids is 1. The lowest BCUT2D eigenvalue weighted by molar-refractivity contribution is -0.384. The van der Waals surface area contributed by atoms with Crippen LogP contribution in [-0.2, 0) is 4.79 Å². The molecule has 0 radical (unpaired) electrons. The van der Waals surface area contributed by atoms with Crippen molar-refractivity contribution < 1.29 is 9.72 Å². The largest absolute Gasteiger partial charge is 0.270 e. The molecule has 1 aliphatic heterocycles. The lowest BCUT2D eigenvalue weighted by Crippen LogP contribution is -2.27. The van der Waals surface area contributed by atoms with Gasteiger partial charge < -0.3 is 0 Å². The van der Waals surface area contributed by atoms with Gasteiger partial charge in [-0.05, 0) is 29.7 Å². The van der Waals surface area contributed by atoms with Crippen LogP contribution in [0.4, 0.5) is 11.4 Å². The first-order chi connectivity index (χ1) is 10.6. The maximum atomic E-state index is 12.5. The third-order valence-corrected chi connectivity index (χ3v) is 5.05. The molecule has 1 aliphatic rings. The van der Waals surface area contributed by atoms with Crippen molar-refractivity contribution in [1.82, 2.24) is 0 Å². The number of thioether (sulfide) groups is 1. The smallest absolute Gasteiger partial charge is 0.268 e. The number of benzene rings is 1. The Kier molecular flexibility index (Phi) is 4.06. The number of hydrogen-bond acceptors (Lipinski definition) is 6. The summed E-state index contributed by atoms with van der Waals surface area (Å²) < 4.78 is 0.418. The monoisotopic (exact) mass is 348 g/mol. The first-order valence-corrected chi connectivity index (χ1v) is 8.22. The Morgan fingerprint density at radius 3 is 2.55 bits per heavy atom. The van der Waals surface area contributed by atoms with Crippen molar-refractivity contribution in [3.63, 3.8) is 0 Å². The molecule has 1 saturated heterocycles. The van der Waals surface area contributed by atoms with Crippen LogP contribution >= 0.6 is 35.3 Å². The molecule has 1 aromatic carbocycles. The first-order valence-electron chi connectivity index (χ1n) is 6.12. The summed E-state index contributed by atoms with van der Waals surface area (Å²) in [6.45, 7) is 0. The van der Waals surface area contributed by atoms with Crippen molar-refractivity contribution in [3.05, 3.63) is 61.7 Å². The van der Waals surface area contributed by atoms with Gasteiger partial charge in [-0.25, -0.2) is 0 Å². The van der Waals surface area contributed by atoms with E-state index in [1.54, 1.807) is 6.08 Å². The lowest BCUT2D eigenvalue weighted by Gasteiger charge is -2.13. The molecule has 0 N–H and O–H groups in total. The molecule has 0 atom stereocenters. The van der Waals surface area contributed by atoms with Crippen molar-refractivity contribution in [1.29, 1.82) is 0 Å². The second-order valence-electron chi connectivity index (χ2n) is 4.31. The van der Waals surface area contributed by atoms with Crippen LogP contribution in [0.1, 0.15) is 4.88 Å². The van der Waals surface area contributed by atoms with E-state index in [2.05, 4.69) is 0 Å². The van der Waals surface area contributed by atoms with Gasteiger partial charge in [-0.15, -0.1) is 11.3 Å². The number of rotatable bonds is 3. The van der Waals surface area contributed by atoms with E-state index in [1.165, 1.54) is 52.3 Å². The van der Waals surface area contributed by atoms with Crippen molar-refractivity contribution in [2.45, 2.75) is 0 Å². The van der Waals surface area contributed by atoms with Gasteiger partial charge in [-0.2, -0.15) is 0 Å². The Morgan fingerprint density at radius 2 is 1.95 bits per heavy atom. The normalized spacial score (nSPS) is 16.5. The van der Waals surface area contributed by atoms with E-state index in [9.17, 15) is 14.9 Å². The Bertz CT molecular complexity index is 782. The molecule has 0 spiro atoms. The van der Waals surface area contributed by atoms with Gasteiger partial charge in [0.1, 0.15) is 0 Å². The first kappa shape index (κ1) is 14.9. The number of nitro groups is 1. The van der Waals surface area contributed by atoms with Gasteiger partial charge in [-0.1, -0.05) is 30.0 Å². The number of anilines is 1. The third-order valence-electron chi connectivity index (χ3n) is 2.93. The van der Waals surface area contributed by atoms with Crippen molar-refractivity contribution >= 4 is 63.0 Å². The minimum absolute atomic E-state index is 0.0247. The fraction of sp³-hybridized carbons (Fsp3) is 0. The average Bonchev–Trinajstić information content (AvgIpc) is 3.09. The Labute approximate surface area is 139 Å². The highest BCUT2D eigenvalue weighted by molar-refractivity contribution is 8.27. The highest BCUT2D eigenvalue weighted by Crippen LogP contribution is 2.36.